The highest BCUT2D eigenvalue weighted by atomic mass is 16.1. The van der Waals surface area contributed by atoms with Crippen molar-refractivity contribution < 1.29 is 0 Å². The molecule has 0 saturated carbocycles. The van der Waals surface area contributed by atoms with Gasteiger partial charge in [-0.2, -0.15) is 9.78 Å². The second-order valence-corrected chi connectivity index (χ2v) is 9.52. The van der Waals surface area contributed by atoms with Crippen molar-refractivity contribution in [2.75, 3.05) is 18.0 Å². The van der Waals surface area contributed by atoms with E-state index in [2.05, 4.69) is 77.5 Å². The summed E-state index contributed by atoms with van der Waals surface area (Å²) in [6, 6.07) is 6.33. The van der Waals surface area contributed by atoms with Crippen molar-refractivity contribution in [3.8, 4) is 0 Å². The Labute approximate surface area is 185 Å². The number of aliphatic imine (C=N–C) groups is 1. The van der Waals surface area contributed by atoms with E-state index in [9.17, 15) is 4.79 Å². The van der Waals surface area contributed by atoms with Crippen LogP contribution in [0.1, 0.15) is 71.1 Å². The number of anilines is 1. The van der Waals surface area contributed by atoms with Crippen molar-refractivity contribution >= 4 is 22.8 Å². The van der Waals surface area contributed by atoms with Crippen molar-refractivity contribution in [1.29, 1.82) is 0 Å². The third-order valence-electron chi connectivity index (χ3n) is 5.75. The van der Waals surface area contributed by atoms with Gasteiger partial charge in [0, 0.05) is 29.8 Å². The molecular weight excluding hydrogens is 386 g/mol. The quantitative estimate of drug-likeness (QED) is 0.683. The SMILES string of the molecule is CCN(CC)c1ccc(N=C2C(C(C)C)=Nn3c2nc(C(C)(C)C)c(C)c3=O)c(C)c1. The number of nitrogens with zero attached hydrogens (tertiary/aromatic N) is 5. The first-order valence-corrected chi connectivity index (χ1v) is 11.2. The highest BCUT2D eigenvalue weighted by Crippen LogP contribution is 2.28. The van der Waals surface area contributed by atoms with Crippen LogP contribution >= 0.6 is 0 Å². The maximum atomic E-state index is 13.1. The van der Waals surface area contributed by atoms with Gasteiger partial charge in [0.05, 0.1) is 17.1 Å². The van der Waals surface area contributed by atoms with Crippen LogP contribution in [0.5, 0.6) is 0 Å². The van der Waals surface area contributed by atoms with Crippen LogP contribution in [0.4, 0.5) is 11.4 Å². The summed E-state index contributed by atoms with van der Waals surface area (Å²) >= 11 is 0. The monoisotopic (exact) mass is 421 g/mol. The molecule has 0 bridgehead atoms. The molecule has 0 N–H and O–H groups in total. The average molecular weight is 422 g/mol. The molecule has 1 aliphatic heterocycles. The molecule has 2 aromatic rings. The molecule has 31 heavy (non-hydrogen) atoms. The molecular formula is C25H35N5O. The molecule has 1 aromatic heterocycles. The van der Waals surface area contributed by atoms with Gasteiger partial charge in [-0.05, 0) is 57.4 Å². The first kappa shape index (κ1) is 22.9. The standard InChI is InChI=1S/C25H35N5O/c1-10-29(11-2)18-12-13-19(16(5)14-18)26-21-20(15(3)4)28-30-23(21)27-22(25(7,8)9)17(6)24(30)31/h12-15H,10-11H2,1-9H3. The molecule has 166 valence electrons. The Balaban J connectivity index is 2.20. The van der Waals surface area contributed by atoms with E-state index in [0.29, 0.717) is 17.1 Å². The van der Waals surface area contributed by atoms with Crippen LogP contribution < -0.4 is 10.5 Å². The maximum Gasteiger partial charge on any atom is 0.277 e. The van der Waals surface area contributed by atoms with Crippen molar-refractivity contribution in [2.24, 2.45) is 16.0 Å². The van der Waals surface area contributed by atoms with E-state index in [1.165, 1.54) is 10.4 Å². The molecule has 2 heterocycles. The Morgan fingerprint density at radius 3 is 2.29 bits per heavy atom. The predicted octanol–water partition coefficient (Wildman–Crippen LogP) is 5.00. The molecule has 0 radical (unpaired) electrons. The van der Waals surface area contributed by atoms with Crippen LogP contribution in [0, 0.1) is 19.8 Å². The molecule has 0 atom stereocenters. The largest absolute Gasteiger partial charge is 0.372 e. The van der Waals surface area contributed by atoms with Crippen molar-refractivity contribution in [2.45, 2.75) is 67.7 Å². The lowest BCUT2D eigenvalue weighted by molar-refractivity contribution is 0.553. The summed E-state index contributed by atoms with van der Waals surface area (Å²) in [4.78, 5) is 25.3. The first-order chi connectivity index (χ1) is 14.5. The topological polar surface area (TPSA) is 62.9 Å². The zero-order valence-corrected chi connectivity index (χ0v) is 20.4. The Kier molecular flexibility index (Phi) is 6.21. The van der Waals surface area contributed by atoms with Gasteiger partial charge in [-0.1, -0.05) is 34.6 Å². The number of hydrogen-bond acceptors (Lipinski definition) is 5. The minimum Gasteiger partial charge on any atom is -0.372 e. The molecule has 0 aliphatic carbocycles. The molecule has 6 heteroatoms. The van der Waals surface area contributed by atoms with Crippen LogP contribution in [0.3, 0.4) is 0 Å². The average Bonchev–Trinajstić information content (AvgIpc) is 3.05. The summed E-state index contributed by atoms with van der Waals surface area (Å²) < 4.78 is 1.43. The van der Waals surface area contributed by atoms with Crippen molar-refractivity contribution in [3.63, 3.8) is 0 Å². The summed E-state index contributed by atoms with van der Waals surface area (Å²) in [7, 11) is 0. The van der Waals surface area contributed by atoms with Crippen LogP contribution in [0.15, 0.2) is 33.1 Å². The zero-order chi connectivity index (χ0) is 23.1. The van der Waals surface area contributed by atoms with Crippen LogP contribution in [-0.4, -0.2) is 34.2 Å². The molecule has 1 aliphatic rings. The summed E-state index contributed by atoms with van der Waals surface area (Å²) in [5, 5.41) is 4.63. The van der Waals surface area contributed by atoms with Gasteiger partial charge in [-0.3, -0.25) is 4.79 Å². The lowest BCUT2D eigenvalue weighted by Crippen LogP contribution is -2.30. The van der Waals surface area contributed by atoms with Gasteiger partial charge in [0.2, 0.25) is 0 Å². The molecule has 0 fully saturated rings. The van der Waals surface area contributed by atoms with Gasteiger partial charge in [0.25, 0.3) is 5.56 Å². The number of hydrogen-bond donors (Lipinski definition) is 0. The van der Waals surface area contributed by atoms with E-state index in [4.69, 9.17) is 9.98 Å². The van der Waals surface area contributed by atoms with Crippen molar-refractivity contribution in [3.05, 3.63) is 51.2 Å². The van der Waals surface area contributed by atoms with E-state index in [1.54, 1.807) is 0 Å². The van der Waals surface area contributed by atoms with Gasteiger partial charge >= 0.3 is 0 Å². The predicted molar refractivity (Wildman–Crippen MR) is 131 cm³/mol. The van der Waals surface area contributed by atoms with E-state index in [0.717, 1.165) is 35.7 Å². The Morgan fingerprint density at radius 1 is 1.13 bits per heavy atom. The molecule has 0 amide bonds. The fourth-order valence-corrected chi connectivity index (χ4v) is 4.01. The number of aryl methyl sites for hydroxylation is 1. The number of benzene rings is 1. The zero-order valence-electron chi connectivity index (χ0n) is 20.4. The summed E-state index contributed by atoms with van der Waals surface area (Å²) in [6.07, 6.45) is 0. The van der Waals surface area contributed by atoms with Crippen LogP contribution in [0.25, 0.3) is 0 Å². The second-order valence-electron chi connectivity index (χ2n) is 9.52. The third kappa shape index (κ3) is 4.21. The lowest BCUT2D eigenvalue weighted by atomic mass is 9.89. The van der Waals surface area contributed by atoms with Gasteiger partial charge in [0.15, 0.2) is 5.82 Å². The molecule has 0 spiro atoms. The third-order valence-corrected chi connectivity index (χ3v) is 5.75. The lowest BCUT2D eigenvalue weighted by Gasteiger charge is -2.22. The fourth-order valence-electron chi connectivity index (χ4n) is 4.01. The van der Waals surface area contributed by atoms with E-state index in [-0.39, 0.29) is 16.9 Å². The minimum atomic E-state index is -0.244. The number of aromatic nitrogens is 2. The van der Waals surface area contributed by atoms with Gasteiger partial charge < -0.3 is 4.90 Å². The molecule has 0 saturated heterocycles. The maximum absolute atomic E-state index is 13.1. The smallest absolute Gasteiger partial charge is 0.277 e. The highest BCUT2D eigenvalue weighted by Gasteiger charge is 2.32. The number of rotatable bonds is 5. The summed E-state index contributed by atoms with van der Waals surface area (Å²) in [5.41, 5.74) is 5.71. The van der Waals surface area contributed by atoms with Crippen LogP contribution in [-0.2, 0) is 5.41 Å². The summed E-state index contributed by atoms with van der Waals surface area (Å²) in [5.74, 6) is 0.657. The fraction of sp³-hybridized carbons (Fsp3) is 0.520. The molecule has 6 nitrogen and oxygen atoms in total. The van der Waals surface area contributed by atoms with E-state index in [1.807, 2.05) is 13.0 Å². The summed E-state index contributed by atoms with van der Waals surface area (Å²) in [6.45, 7) is 20.5. The Bertz CT molecular complexity index is 1110. The molecule has 3 rings (SSSR count). The Morgan fingerprint density at radius 2 is 1.77 bits per heavy atom. The van der Waals surface area contributed by atoms with E-state index >= 15 is 0 Å². The Hall–Kier alpha value is -2.76. The molecule has 1 aromatic carbocycles. The second kappa shape index (κ2) is 8.40. The van der Waals surface area contributed by atoms with Gasteiger partial charge in [0.1, 0.15) is 5.71 Å². The van der Waals surface area contributed by atoms with Crippen molar-refractivity contribution in [1.82, 2.24) is 9.66 Å². The number of fused-ring (bicyclic) bond motifs is 1. The molecule has 0 unspecified atom stereocenters. The van der Waals surface area contributed by atoms with E-state index < -0.39 is 0 Å². The first-order valence-electron chi connectivity index (χ1n) is 11.2. The highest BCUT2D eigenvalue weighted by molar-refractivity contribution is 6.49. The van der Waals surface area contributed by atoms with Gasteiger partial charge in [-0.15, -0.1) is 0 Å². The minimum absolute atomic E-state index is 0.119. The van der Waals surface area contributed by atoms with Gasteiger partial charge in [-0.25, -0.2) is 9.98 Å². The normalized spacial score (nSPS) is 14.9. The van der Waals surface area contributed by atoms with Crippen LogP contribution in [0.2, 0.25) is 0 Å².